The number of carbonyl (C=O) groups is 1. The van der Waals surface area contributed by atoms with Crippen LogP contribution in [0.5, 0.6) is 5.75 Å². The first kappa shape index (κ1) is 14.5. The number of halogens is 2. The van der Waals surface area contributed by atoms with E-state index in [1.165, 1.54) is 12.1 Å². The Labute approximate surface area is 124 Å². The van der Waals surface area contributed by atoms with Gasteiger partial charge in [0.25, 0.3) is 0 Å². The van der Waals surface area contributed by atoms with Gasteiger partial charge in [-0.2, -0.15) is 0 Å². The number of hydrogen-bond acceptors (Lipinski definition) is 2. The normalized spacial score (nSPS) is 10.3. The lowest BCUT2D eigenvalue weighted by atomic mass is 10.1. The fourth-order valence-corrected chi connectivity index (χ4v) is 2.23. The van der Waals surface area contributed by atoms with Crippen molar-refractivity contribution in [3.8, 4) is 5.75 Å². The second-order valence-corrected chi connectivity index (χ2v) is 5.32. The molecule has 3 nitrogen and oxygen atoms in total. The van der Waals surface area contributed by atoms with Gasteiger partial charge in [-0.25, -0.2) is 4.39 Å². The van der Waals surface area contributed by atoms with Gasteiger partial charge < -0.3 is 10.5 Å². The van der Waals surface area contributed by atoms with Gasteiger partial charge in [-0.15, -0.1) is 0 Å². The van der Waals surface area contributed by atoms with Crippen molar-refractivity contribution in [2.45, 2.75) is 13.5 Å². The summed E-state index contributed by atoms with van der Waals surface area (Å²) in [5.74, 6) is -0.389. The Morgan fingerprint density at radius 1 is 1.30 bits per heavy atom. The third kappa shape index (κ3) is 3.57. The molecule has 0 radical (unpaired) electrons. The first-order chi connectivity index (χ1) is 9.45. The molecule has 2 aromatic carbocycles. The molecular formula is C15H13BrFNO2. The second-order valence-electron chi connectivity index (χ2n) is 4.40. The first-order valence-corrected chi connectivity index (χ1v) is 6.73. The molecule has 2 aromatic rings. The maximum absolute atomic E-state index is 13.2. The number of nitrogens with two attached hydrogens (primary N) is 1. The molecule has 0 bridgehead atoms. The molecule has 0 saturated heterocycles. The molecule has 0 heterocycles. The molecule has 2 rings (SSSR count). The summed E-state index contributed by atoms with van der Waals surface area (Å²) in [6.45, 7) is 2.16. The molecular weight excluding hydrogens is 325 g/mol. The highest BCUT2D eigenvalue weighted by Crippen LogP contribution is 2.22. The minimum absolute atomic E-state index is 0.292. The lowest BCUT2D eigenvalue weighted by molar-refractivity contribution is 0.1000. The van der Waals surface area contributed by atoms with Crippen molar-refractivity contribution in [3.63, 3.8) is 0 Å². The van der Waals surface area contributed by atoms with E-state index >= 15 is 0 Å². The van der Waals surface area contributed by atoms with E-state index in [-0.39, 0.29) is 5.82 Å². The SMILES string of the molecule is Cc1cc(C(N)=O)ccc1COc1cc(F)cc(Br)c1. The van der Waals surface area contributed by atoms with E-state index in [4.69, 9.17) is 10.5 Å². The number of aryl methyl sites for hydroxylation is 1. The summed E-state index contributed by atoms with van der Waals surface area (Å²) in [4.78, 5) is 11.1. The Balaban J connectivity index is 2.12. The molecule has 5 heteroatoms. The van der Waals surface area contributed by atoms with Crippen LogP contribution in [0.3, 0.4) is 0 Å². The van der Waals surface area contributed by atoms with E-state index < -0.39 is 5.91 Å². The smallest absolute Gasteiger partial charge is 0.248 e. The number of carbonyl (C=O) groups excluding carboxylic acids is 1. The Bertz CT molecular complexity index is 638. The zero-order valence-corrected chi connectivity index (χ0v) is 12.4. The first-order valence-electron chi connectivity index (χ1n) is 5.94. The number of ether oxygens (including phenoxy) is 1. The quantitative estimate of drug-likeness (QED) is 0.927. The maximum atomic E-state index is 13.2. The average Bonchev–Trinajstić information content (AvgIpc) is 2.36. The molecule has 2 N–H and O–H groups in total. The Morgan fingerprint density at radius 3 is 2.65 bits per heavy atom. The van der Waals surface area contributed by atoms with Gasteiger partial charge >= 0.3 is 0 Å². The molecule has 0 spiro atoms. The van der Waals surface area contributed by atoms with Crippen LogP contribution in [0.25, 0.3) is 0 Å². The summed E-state index contributed by atoms with van der Waals surface area (Å²) in [6.07, 6.45) is 0. The topological polar surface area (TPSA) is 52.3 Å². The number of primary amides is 1. The van der Waals surface area contributed by atoms with E-state index in [0.29, 0.717) is 22.4 Å². The molecule has 0 aliphatic carbocycles. The van der Waals surface area contributed by atoms with Crippen LogP contribution in [0.4, 0.5) is 4.39 Å². The van der Waals surface area contributed by atoms with Crippen molar-refractivity contribution < 1.29 is 13.9 Å². The summed E-state index contributed by atoms with van der Waals surface area (Å²) in [5.41, 5.74) is 7.48. The zero-order valence-electron chi connectivity index (χ0n) is 10.8. The summed E-state index contributed by atoms with van der Waals surface area (Å²) >= 11 is 3.21. The van der Waals surface area contributed by atoms with Gasteiger partial charge in [-0.05, 0) is 42.3 Å². The summed E-state index contributed by atoms with van der Waals surface area (Å²) in [7, 11) is 0. The van der Waals surface area contributed by atoms with Crippen molar-refractivity contribution in [3.05, 3.63) is 63.4 Å². The van der Waals surface area contributed by atoms with Gasteiger partial charge in [-0.3, -0.25) is 4.79 Å². The Hall–Kier alpha value is -1.88. The summed E-state index contributed by atoms with van der Waals surface area (Å²) in [5, 5.41) is 0. The van der Waals surface area contributed by atoms with E-state index in [0.717, 1.165) is 11.1 Å². The number of rotatable bonds is 4. The van der Waals surface area contributed by atoms with E-state index in [1.54, 1.807) is 24.3 Å². The van der Waals surface area contributed by atoms with Crippen molar-refractivity contribution >= 4 is 21.8 Å². The third-order valence-electron chi connectivity index (χ3n) is 2.86. The second kappa shape index (κ2) is 6.05. The fourth-order valence-electron chi connectivity index (χ4n) is 1.78. The van der Waals surface area contributed by atoms with Crippen molar-refractivity contribution in [1.29, 1.82) is 0 Å². The molecule has 0 aliphatic rings. The van der Waals surface area contributed by atoms with Gasteiger partial charge in [0, 0.05) is 16.1 Å². The van der Waals surface area contributed by atoms with Crippen LogP contribution >= 0.6 is 15.9 Å². The minimum Gasteiger partial charge on any atom is -0.489 e. The molecule has 0 aromatic heterocycles. The minimum atomic E-state index is -0.463. The largest absolute Gasteiger partial charge is 0.489 e. The van der Waals surface area contributed by atoms with Crippen LogP contribution in [0.1, 0.15) is 21.5 Å². The molecule has 1 amide bonds. The van der Waals surface area contributed by atoms with Crippen LogP contribution < -0.4 is 10.5 Å². The van der Waals surface area contributed by atoms with E-state index in [1.807, 2.05) is 6.92 Å². The summed E-state index contributed by atoms with van der Waals surface area (Å²) < 4.78 is 19.4. The molecule has 0 aliphatic heterocycles. The highest BCUT2D eigenvalue weighted by molar-refractivity contribution is 9.10. The lowest BCUT2D eigenvalue weighted by Gasteiger charge is -2.10. The highest BCUT2D eigenvalue weighted by atomic mass is 79.9. The average molecular weight is 338 g/mol. The fraction of sp³-hybridized carbons (Fsp3) is 0.133. The predicted molar refractivity (Wildman–Crippen MR) is 78.1 cm³/mol. The Kier molecular flexibility index (Phi) is 4.39. The van der Waals surface area contributed by atoms with Crippen molar-refractivity contribution in [1.82, 2.24) is 0 Å². The molecule has 104 valence electrons. The van der Waals surface area contributed by atoms with Crippen LogP contribution in [0.15, 0.2) is 40.9 Å². The highest BCUT2D eigenvalue weighted by Gasteiger charge is 2.06. The van der Waals surface area contributed by atoms with Crippen LogP contribution in [-0.4, -0.2) is 5.91 Å². The molecule has 0 saturated carbocycles. The Morgan fingerprint density at radius 2 is 2.05 bits per heavy atom. The van der Waals surface area contributed by atoms with Gasteiger partial charge in [0.1, 0.15) is 18.2 Å². The molecule has 0 unspecified atom stereocenters. The lowest BCUT2D eigenvalue weighted by Crippen LogP contribution is -2.11. The van der Waals surface area contributed by atoms with Crippen molar-refractivity contribution in [2.75, 3.05) is 0 Å². The maximum Gasteiger partial charge on any atom is 0.248 e. The van der Waals surface area contributed by atoms with Gasteiger partial charge in [0.15, 0.2) is 0 Å². The molecule has 0 atom stereocenters. The summed E-state index contributed by atoms with van der Waals surface area (Å²) in [6, 6.07) is 9.51. The number of hydrogen-bond donors (Lipinski definition) is 1. The van der Waals surface area contributed by atoms with Gasteiger partial charge in [0.05, 0.1) is 0 Å². The monoisotopic (exact) mass is 337 g/mol. The third-order valence-corrected chi connectivity index (χ3v) is 3.32. The standard InChI is InChI=1S/C15H13BrFNO2/c1-9-4-10(15(18)19)2-3-11(9)8-20-14-6-12(16)5-13(17)7-14/h2-7H,8H2,1H3,(H2,18,19). The molecule has 20 heavy (non-hydrogen) atoms. The number of benzene rings is 2. The van der Waals surface area contributed by atoms with Crippen LogP contribution in [0, 0.1) is 12.7 Å². The predicted octanol–water partition coefficient (Wildman–Crippen LogP) is 3.57. The zero-order chi connectivity index (χ0) is 14.7. The van der Waals surface area contributed by atoms with Crippen LogP contribution in [-0.2, 0) is 6.61 Å². The van der Waals surface area contributed by atoms with Gasteiger partial charge in [-0.1, -0.05) is 22.0 Å². The van der Waals surface area contributed by atoms with Crippen molar-refractivity contribution in [2.24, 2.45) is 5.73 Å². The molecule has 0 fully saturated rings. The van der Waals surface area contributed by atoms with Gasteiger partial charge in [0.2, 0.25) is 5.91 Å². The van der Waals surface area contributed by atoms with Crippen LogP contribution in [0.2, 0.25) is 0 Å². The van der Waals surface area contributed by atoms with E-state index in [2.05, 4.69) is 15.9 Å². The number of amides is 1. The van der Waals surface area contributed by atoms with E-state index in [9.17, 15) is 9.18 Å².